The van der Waals surface area contributed by atoms with E-state index in [1.807, 2.05) is 29.8 Å². The van der Waals surface area contributed by atoms with Crippen LogP contribution < -0.4 is 5.32 Å². The SMILES string of the molecule is Cc1nn(CCC(=O)NCC2(CO)CCC2)c2ccccc12. The molecule has 0 bridgehead atoms. The smallest absolute Gasteiger partial charge is 0.221 e. The Morgan fingerprint density at radius 2 is 2.18 bits per heavy atom. The number of hydrogen-bond acceptors (Lipinski definition) is 3. The number of aromatic nitrogens is 2. The van der Waals surface area contributed by atoms with Gasteiger partial charge < -0.3 is 10.4 Å². The van der Waals surface area contributed by atoms with E-state index in [-0.39, 0.29) is 17.9 Å². The summed E-state index contributed by atoms with van der Waals surface area (Å²) in [4.78, 5) is 12.0. The zero-order valence-electron chi connectivity index (χ0n) is 13.0. The van der Waals surface area contributed by atoms with Crippen LogP contribution in [-0.2, 0) is 11.3 Å². The molecule has 0 saturated heterocycles. The molecule has 1 aliphatic rings. The second-order valence-corrected chi connectivity index (χ2v) is 6.36. The summed E-state index contributed by atoms with van der Waals surface area (Å²) in [5.74, 6) is 0.0250. The van der Waals surface area contributed by atoms with Gasteiger partial charge >= 0.3 is 0 Å². The summed E-state index contributed by atoms with van der Waals surface area (Å²) in [6, 6.07) is 8.07. The lowest BCUT2D eigenvalue weighted by Gasteiger charge is -2.40. The van der Waals surface area contributed by atoms with Crippen LogP contribution in [0.1, 0.15) is 31.4 Å². The zero-order valence-corrected chi connectivity index (χ0v) is 13.0. The van der Waals surface area contributed by atoms with E-state index in [0.717, 1.165) is 35.9 Å². The first-order valence-electron chi connectivity index (χ1n) is 7.93. The summed E-state index contributed by atoms with van der Waals surface area (Å²) in [7, 11) is 0. The van der Waals surface area contributed by atoms with Crippen LogP contribution in [0.2, 0.25) is 0 Å². The van der Waals surface area contributed by atoms with Crippen molar-refractivity contribution in [2.45, 2.75) is 39.2 Å². The summed E-state index contributed by atoms with van der Waals surface area (Å²) in [6.45, 7) is 3.31. The van der Waals surface area contributed by atoms with E-state index in [1.165, 1.54) is 0 Å². The molecule has 1 aliphatic carbocycles. The molecule has 5 nitrogen and oxygen atoms in total. The molecule has 0 spiro atoms. The van der Waals surface area contributed by atoms with E-state index in [4.69, 9.17) is 0 Å². The summed E-state index contributed by atoms with van der Waals surface area (Å²) in [5, 5.41) is 18.0. The molecule has 1 amide bonds. The number of aliphatic hydroxyl groups is 1. The molecule has 2 aromatic rings. The number of benzene rings is 1. The van der Waals surface area contributed by atoms with Crippen LogP contribution in [0.15, 0.2) is 24.3 Å². The van der Waals surface area contributed by atoms with Crippen LogP contribution in [0, 0.1) is 12.3 Å². The van der Waals surface area contributed by atoms with Gasteiger partial charge in [0.2, 0.25) is 5.91 Å². The van der Waals surface area contributed by atoms with E-state index in [0.29, 0.717) is 19.5 Å². The highest BCUT2D eigenvalue weighted by Gasteiger charge is 2.36. The van der Waals surface area contributed by atoms with E-state index in [9.17, 15) is 9.90 Å². The van der Waals surface area contributed by atoms with E-state index < -0.39 is 0 Å². The minimum absolute atomic E-state index is 0.0250. The third-order valence-electron chi connectivity index (χ3n) is 4.80. The van der Waals surface area contributed by atoms with Crippen molar-refractivity contribution in [3.05, 3.63) is 30.0 Å². The number of nitrogens with zero attached hydrogens (tertiary/aromatic N) is 2. The third-order valence-corrected chi connectivity index (χ3v) is 4.80. The minimum Gasteiger partial charge on any atom is -0.396 e. The summed E-state index contributed by atoms with van der Waals surface area (Å²) < 4.78 is 1.90. The van der Waals surface area contributed by atoms with E-state index >= 15 is 0 Å². The Labute approximate surface area is 130 Å². The number of carbonyl (C=O) groups excluding carboxylic acids is 1. The first-order chi connectivity index (χ1) is 10.6. The van der Waals surface area contributed by atoms with Gasteiger partial charge in [0, 0.05) is 23.8 Å². The van der Waals surface area contributed by atoms with Crippen LogP contribution in [0.3, 0.4) is 0 Å². The lowest BCUT2D eigenvalue weighted by Crippen LogP contribution is -2.44. The van der Waals surface area contributed by atoms with Crippen molar-refractivity contribution in [1.29, 1.82) is 0 Å². The van der Waals surface area contributed by atoms with Crippen LogP contribution in [-0.4, -0.2) is 33.9 Å². The second-order valence-electron chi connectivity index (χ2n) is 6.36. The maximum atomic E-state index is 12.0. The van der Waals surface area contributed by atoms with Crippen molar-refractivity contribution >= 4 is 16.8 Å². The fraction of sp³-hybridized carbons (Fsp3) is 0.529. The highest BCUT2D eigenvalue weighted by atomic mass is 16.3. The second kappa shape index (κ2) is 6.08. The molecule has 1 fully saturated rings. The largest absolute Gasteiger partial charge is 0.396 e. The monoisotopic (exact) mass is 301 g/mol. The van der Waals surface area contributed by atoms with Gasteiger partial charge in [-0.3, -0.25) is 9.48 Å². The molecule has 0 radical (unpaired) electrons. The van der Waals surface area contributed by atoms with Gasteiger partial charge in [-0.2, -0.15) is 5.10 Å². The molecule has 1 aromatic heterocycles. The predicted molar refractivity (Wildman–Crippen MR) is 85.5 cm³/mol. The Kier molecular flexibility index (Phi) is 4.16. The number of carbonyl (C=O) groups is 1. The molecule has 0 unspecified atom stereocenters. The number of rotatable bonds is 6. The number of amides is 1. The highest BCUT2D eigenvalue weighted by molar-refractivity contribution is 5.82. The molecule has 2 N–H and O–H groups in total. The number of fused-ring (bicyclic) bond motifs is 1. The molecule has 0 aliphatic heterocycles. The zero-order chi connectivity index (χ0) is 15.6. The lowest BCUT2D eigenvalue weighted by molar-refractivity contribution is -0.122. The first kappa shape index (κ1) is 15.0. The Morgan fingerprint density at radius 1 is 1.41 bits per heavy atom. The van der Waals surface area contributed by atoms with Crippen molar-refractivity contribution in [2.75, 3.05) is 13.2 Å². The van der Waals surface area contributed by atoms with Gasteiger partial charge in [-0.25, -0.2) is 0 Å². The third kappa shape index (κ3) is 2.86. The minimum atomic E-state index is -0.0648. The Hall–Kier alpha value is -1.88. The van der Waals surface area contributed by atoms with Crippen molar-refractivity contribution in [2.24, 2.45) is 5.41 Å². The lowest BCUT2D eigenvalue weighted by atomic mass is 9.69. The van der Waals surface area contributed by atoms with Gasteiger partial charge in [-0.1, -0.05) is 24.6 Å². The summed E-state index contributed by atoms with van der Waals surface area (Å²) in [6.07, 6.45) is 3.57. The van der Waals surface area contributed by atoms with Gasteiger partial charge in [-0.05, 0) is 25.8 Å². The quantitative estimate of drug-likeness (QED) is 0.857. The summed E-state index contributed by atoms with van der Waals surface area (Å²) in [5.41, 5.74) is 1.99. The van der Waals surface area contributed by atoms with Crippen LogP contribution >= 0.6 is 0 Å². The average molecular weight is 301 g/mol. The average Bonchev–Trinajstić information content (AvgIpc) is 2.82. The van der Waals surface area contributed by atoms with Gasteiger partial charge in [-0.15, -0.1) is 0 Å². The first-order valence-corrected chi connectivity index (χ1v) is 7.93. The van der Waals surface area contributed by atoms with Gasteiger partial charge in [0.25, 0.3) is 0 Å². The standard InChI is InChI=1S/C17H23N3O2/c1-13-14-5-2-3-6-15(14)20(19-13)10-7-16(22)18-11-17(12-21)8-4-9-17/h2-3,5-6,21H,4,7-12H2,1H3,(H,18,22). The van der Waals surface area contributed by atoms with Gasteiger partial charge in [0.1, 0.15) is 0 Å². The molecule has 118 valence electrons. The number of aliphatic hydroxyl groups excluding tert-OH is 1. The molecule has 1 aromatic carbocycles. The van der Waals surface area contributed by atoms with Crippen molar-refractivity contribution in [3.8, 4) is 0 Å². The maximum absolute atomic E-state index is 12.0. The normalized spacial score (nSPS) is 16.5. The van der Waals surface area contributed by atoms with Crippen LogP contribution in [0.25, 0.3) is 10.9 Å². The Balaban J connectivity index is 1.56. The molecule has 1 heterocycles. The van der Waals surface area contributed by atoms with Crippen LogP contribution in [0.4, 0.5) is 0 Å². The maximum Gasteiger partial charge on any atom is 0.221 e. The Bertz CT molecular complexity index is 668. The molecule has 1 saturated carbocycles. The molecular weight excluding hydrogens is 278 g/mol. The van der Waals surface area contributed by atoms with Gasteiger partial charge in [0.05, 0.1) is 24.4 Å². The number of nitrogens with one attached hydrogen (secondary N) is 1. The summed E-state index contributed by atoms with van der Waals surface area (Å²) >= 11 is 0. The fourth-order valence-corrected chi connectivity index (χ4v) is 3.11. The van der Waals surface area contributed by atoms with Crippen molar-refractivity contribution < 1.29 is 9.90 Å². The van der Waals surface area contributed by atoms with E-state index in [1.54, 1.807) is 0 Å². The van der Waals surface area contributed by atoms with Gasteiger partial charge in [0.15, 0.2) is 0 Å². The highest BCUT2D eigenvalue weighted by Crippen LogP contribution is 2.39. The van der Waals surface area contributed by atoms with Crippen molar-refractivity contribution in [1.82, 2.24) is 15.1 Å². The number of aryl methyl sites for hydroxylation is 2. The predicted octanol–water partition coefficient (Wildman–Crippen LogP) is 2.01. The number of hydrogen-bond donors (Lipinski definition) is 2. The van der Waals surface area contributed by atoms with E-state index in [2.05, 4.69) is 16.5 Å². The van der Waals surface area contributed by atoms with Crippen molar-refractivity contribution in [3.63, 3.8) is 0 Å². The number of para-hydroxylation sites is 1. The topological polar surface area (TPSA) is 67.2 Å². The molecule has 22 heavy (non-hydrogen) atoms. The molecule has 5 heteroatoms. The molecule has 3 rings (SSSR count). The van der Waals surface area contributed by atoms with Crippen LogP contribution in [0.5, 0.6) is 0 Å². The molecular formula is C17H23N3O2. The Morgan fingerprint density at radius 3 is 2.86 bits per heavy atom. The molecule has 0 atom stereocenters. The fourth-order valence-electron chi connectivity index (χ4n) is 3.11.